The summed E-state index contributed by atoms with van der Waals surface area (Å²) in [6.45, 7) is 1.94. The fourth-order valence-electron chi connectivity index (χ4n) is 2.63. The first-order valence-corrected chi connectivity index (χ1v) is 7.87. The van der Waals surface area contributed by atoms with Crippen LogP contribution in [0.25, 0.3) is 28.7 Å². The fourth-order valence-corrected chi connectivity index (χ4v) is 2.63. The van der Waals surface area contributed by atoms with E-state index in [1.54, 1.807) is 18.2 Å². The molecule has 2 aromatic heterocycles. The summed E-state index contributed by atoms with van der Waals surface area (Å²) in [5.41, 5.74) is 2.34. The van der Waals surface area contributed by atoms with Gasteiger partial charge in [0.25, 0.3) is 5.89 Å². The lowest BCUT2D eigenvalue weighted by atomic mass is 10.2. The van der Waals surface area contributed by atoms with E-state index >= 15 is 0 Å². The number of rotatable bonds is 4. The van der Waals surface area contributed by atoms with Gasteiger partial charge in [0.1, 0.15) is 11.5 Å². The Morgan fingerprint density at radius 3 is 2.56 bits per heavy atom. The second-order valence-corrected chi connectivity index (χ2v) is 5.39. The van der Waals surface area contributed by atoms with E-state index < -0.39 is 0 Å². The minimum absolute atomic E-state index is 0.262. The van der Waals surface area contributed by atoms with E-state index in [1.165, 1.54) is 10.7 Å². The number of aromatic nitrogens is 5. The summed E-state index contributed by atoms with van der Waals surface area (Å²) in [6, 6.07) is 15.9. The second kappa shape index (κ2) is 6.27. The molecule has 0 radical (unpaired) electrons. The summed E-state index contributed by atoms with van der Waals surface area (Å²) in [6.07, 6.45) is 0.583. The van der Waals surface area contributed by atoms with E-state index in [2.05, 4.69) is 20.5 Å². The molecule has 124 valence electrons. The number of nitrogens with zero attached hydrogens (tertiary/aromatic N) is 5. The minimum atomic E-state index is -0.371. The molecule has 2 aromatic carbocycles. The van der Waals surface area contributed by atoms with Crippen LogP contribution in [0, 0.1) is 5.82 Å². The maximum absolute atomic E-state index is 14.1. The van der Waals surface area contributed by atoms with Crippen molar-refractivity contribution >= 4 is 0 Å². The van der Waals surface area contributed by atoms with Crippen molar-refractivity contribution in [3.8, 4) is 28.7 Å². The molecule has 0 aliphatic heterocycles. The SMILES string of the molecule is CCc1c(-c2nc(-c3ccccc3)no2)nnn1-c1ccccc1F. The molecule has 0 atom stereocenters. The van der Waals surface area contributed by atoms with Gasteiger partial charge >= 0.3 is 0 Å². The van der Waals surface area contributed by atoms with Crippen molar-refractivity contribution in [2.75, 3.05) is 0 Å². The molecule has 0 fully saturated rings. The van der Waals surface area contributed by atoms with Crippen LogP contribution >= 0.6 is 0 Å². The Balaban J connectivity index is 1.78. The Bertz CT molecular complexity index is 1010. The van der Waals surface area contributed by atoms with Gasteiger partial charge in [-0.2, -0.15) is 4.98 Å². The number of hydrogen-bond donors (Lipinski definition) is 0. The number of benzene rings is 2. The summed E-state index contributed by atoms with van der Waals surface area (Å²) in [5.74, 6) is 0.362. The van der Waals surface area contributed by atoms with E-state index in [4.69, 9.17) is 4.52 Å². The maximum atomic E-state index is 14.1. The van der Waals surface area contributed by atoms with Crippen LogP contribution in [0.2, 0.25) is 0 Å². The first-order chi connectivity index (χ1) is 12.3. The average Bonchev–Trinajstić information content (AvgIpc) is 3.29. The van der Waals surface area contributed by atoms with E-state index in [0.29, 0.717) is 29.3 Å². The van der Waals surface area contributed by atoms with Gasteiger partial charge in [-0.25, -0.2) is 9.07 Å². The Kier molecular flexibility index (Phi) is 3.81. The number of hydrogen-bond acceptors (Lipinski definition) is 5. The van der Waals surface area contributed by atoms with Gasteiger partial charge in [-0.3, -0.25) is 0 Å². The van der Waals surface area contributed by atoms with Gasteiger partial charge in [0.15, 0.2) is 5.69 Å². The third-order valence-corrected chi connectivity index (χ3v) is 3.84. The Labute approximate surface area is 142 Å². The van der Waals surface area contributed by atoms with Crippen molar-refractivity contribution in [3.63, 3.8) is 0 Å². The van der Waals surface area contributed by atoms with Crippen LogP contribution in [0.1, 0.15) is 12.6 Å². The largest absolute Gasteiger partial charge is 0.332 e. The first kappa shape index (κ1) is 15.2. The highest BCUT2D eigenvalue weighted by molar-refractivity contribution is 5.59. The molecular weight excluding hydrogens is 321 g/mol. The van der Waals surface area contributed by atoms with Crippen LogP contribution in [-0.2, 0) is 6.42 Å². The lowest BCUT2D eigenvalue weighted by Crippen LogP contribution is -2.04. The predicted octanol–water partition coefficient (Wildman–Crippen LogP) is 3.69. The van der Waals surface area contributed by atoms with Crippen molar-refractivity contribution < 1.29 is 8.91 Å². The number of para-hydroxylation sites is 1. The van der Waals surface area contributed by atoms with Gasteiger partial charge in [-0.15, -0.1) is 5.10 Å². The maximum Gasteiger partial charge on any atom is 0.280 e. The van der Waals surface area contributed by atoms with Gasteiger partial charge in [-0.05, 0) is 18.6 Å². The van der Waals surface area contributed by atoms with Gasteiger partial charge in [-0.1, -0.05) is 59.8 Å². The molecule has 0 spiro atoms. The molecule has 0 N–H and O–H groups in total. The summed E-state index contributed by atoms with van der Waals surface area (Å²) in [7, 11) is 0. The molecule has 7 heteroatoms. The number of halogens is 1. The topological polar surface area (TPSA) is 69.6 Å². The zero-order valence-corrected chi connectivity index (χ0v) is 13.4. The molecule has 0 amide bonds. The van der Waals surface area contributed by atoms with Gasteiger partial charge in [0.2, 0.25) is 5.82 Å². The van der Waals surface area contributed by atoms with Crippen LogP contribution in [0.4, 0.5) is 4.39 Å². The van der Waals surface area contributed by atoms with Crippen LogP contribution in [-0.4, -0.2) is 25.1 Å². The van der Waals surface area contributed by atoms with Crippen LogP contribution in [0.3, 0.4) is 0 Å². The van der Waals surface area contributed by atoms with Crippen molar-refractivity contribution in [1.29, 1.82) is 0 Å². The summed E-state index contributed by atoms with van der Waals surface area (Å²) < 4.78 is 20.9. The summed E-state index contributed by atoms with van der Waals surface area (Å²) >= 11 is 0. The fraction of sp³-hybridized carbons (Fsp3) is 0.111. The van der Waals surface area contributed by atoms with Crippen LogP contribution in [0.15, 0.2) is 59.1 Å². The molecular formula is C18H14FN5O. The molecule has 4 rings (SSSR count). The highest BCUT2D eigenvalue weighted by Crippen LogP contribution is 2.25. The van der Waals surface area contributed by atoms with Crippen molar-refractivity contribution in [2.45, 2.75) is 13.3 Å². The standard InChI is InChI=1S/C18H14FN5O/c1-2-14-16(21-23-24(14)15-11-7-6-10-13(15)19)18-20-17(22-25-18)12-8-4-3-5-9-12/h3-11H,2H2,1H3. The molecule has 0 bridgehead atoms. The second-order valence-electron chi connectivity index (χ2n) is 5.39. The van der Waals surface area contributed by atoms with E-state index in [0.717, 1.165) is 5.56 Å². The zero-order chi connectivity index (χ0) is 17.2. The van der Waals surface area contributed by atoms with Crippen LogP contribution in [0.5, 0.6) is 0 Å². The van der Waals surface area contributed by atoms with E-state index in [9.17, 15) is 4.39 Å². The third kappa shape index (κ3) is 2.69. The molecule has 6 nitrogen and oxygen atoms in total. The molecule has 2 heterocycles. The normalized spacial score (nSPS) is 11.0. The summed E-state index contributed by atoms with van der Waals surface area (Å²) in [4.78, 5) is 4.40. The van der Waals surface area contributed by atoms with E-state index in [1.807, 2.05) is 37.3 Å². The molecule has 0 saturated heterocycles. The van der Waals surface area contributed by atoms with Gasteiger partial charge in [0.05, 0.1) is 5.69 Å². The molecule has 4 aromatic rings. The van der Waals surface area contributed by atoms with E-state index in [-0.39, 0.29) is 11.7 Å². The molecule has 0 saturated carbocycles. The Morgan fingerprint density at radius 1 is 1.04 bits per heavy atom. The molecule has 0 unspecified atom stereocenters. The molecule has 0 aliphatic carbocycles. The lowest BCUT2D eigenvalue weighted by molar-refractivity contribution is 0.430. The van der Waals surface area contributed by atoms with Gasteiger partial charge < -0.3 is 4.52 Å². The zero-order valence-electron chi connectivity index (χ0n) is 13.4. The molecule has 25 heavy (non-hydrogen) atoms. The first-order valence-electron chi connectivity index (χ1n) is 7.87. The van der Waals surface area contributed by atoms with Crippen LogP contribution < -0.4 is 0 Å². The highest BCUT2D eigenvalue weighted by Gasteiger charge is 2.21. The highest BCUT2D eigenvalue weighted by atomic mass is 19.1. The minimum Gasteiger partial charge on any atom is -0.332 e. The third-order valence-electron chi connectivity index (χ3n) is 3.84. The quantitative estimate of drug-likeness (QED) is 0.569. The smallest absolute Gasteiger partial charge is 0.280 e. The van der Waals surface area contributed by atoms with Crippen molar-refractivity contribution in [1.82, 2.24) is 25.1 Å². The van der Waals surface area contributed by atoms with Crippen molar-refractivity contribution in [3.05, 3.63) is 66.1 Å². The predicted molar refractivity (Wildman–Crippen MR) is 89.4 cm³/mol. The Hall–Kier alpha value is -3.35. The van der Waals surface area contributed by atoms with Crippen molar-refractivity contribution in [2.24, 2.45) is 0 Å². The Morgan fingerprint density at radius 2 is 1.80 bits per heavy atom. The summed E-state index contributed by atoms with van der Waals surface area (Å²) in [5, 5.41) is 12.2. The van der Waals surface area contributed by atoms with Gasteiger partial charge in [0, 0.05) is 5.56 Å². The molecule has 0 aliphatic rings. The lowest BCUT2D eigenvalue weighted by Gasteiger charge is -2.05. The monoisotopic (exact) mass is 335 g/mol. The average molecular weight is 335 g/mol.